The van der Waals surface area contributed by atoms with Crippen molar-refractivity contribution >= 4 is 5.96 Å². The van der Waals surface area contributed by atoms with Crippen LogP contribution in [0.2, 0.25) is 0 Å². The summed E-state index contributed by atoms with van der Waals surface area (Å²) in [4.78, 5) is 6.76. The van der Waals surface area contributed by atoms with E-state index in [1.807, 2.05) is 19.2 Å². The molecule has 0 aromatic heterocycles. The van der Waals surface area contributed by atoms with E-state index in [9.17, 15) is 0 Å². The summed E-state index contributed by atoms with van der Waals surface area (Å²) in [5.41, 5.74) is 1.29. The van der Waals surface area contributed by atoms with Gasteiger partial charge in [-0.15, -0.1) is 0 Å². The Labute approximate surface area is 151 Å². The van der Waals surface area contributed by atoms with Crippen LogP contribution >= 0.6 is 0 Å². The van der Waals surface area contributed by atoms with Gasteiger partial charge in [-0.3, -0.25) is 9.89 Å². The molecule has 2 rings (SSSR count). The number of benzene rings is 1. The Morgan fingerprint density at radius 3 is 2.52 bits per heavy atom. The van der Waals surface area contributed by atoms with E-state index in [0.717, 1.165) is 70.5 Å². The molecule has 0 atom stereocenters. The Bertz CT molecular complexity index is 499. The van der Waals surface area contributed by atoms with Crippen molar-refractivity contribution in [2.24, 2.45) is 4.99 Å². The summed E-state index contributed by atoms with van der Waals surface area (Å²) >= 11 is 0. The second-order valence-electron chi connectivity index (χ2n) is 6.18. The Hall–Kier alpha value is -1.79. The molecule has 2 N–H and O–H groups in total. The highest BCUT2D eigenvalue weighted by atomic mass is 16.5. The van der Waals surface area contributed by atoms with Crippen molar-refractivity contribution in [2.45, 2.75) is 19.3 Å². The number of nitrogens with one attached hydrogen (secondary N) is 2. The van der Waals surface area contributed by atoms with Crippen molar-refractivity contribution < 1.29 is 9.47 Å². The van der Waals surface area contributed by atoms with Gasteiger partial charge < -0.3 is 20.1 Å². The average molecular weight is 348 g/mol. The molecule has 0 unspecified atom stereocenters. The van der Waals surface area contributed by atoms with Gasteiger partial charge in [0.05, 0.1) is 20.3 Å². The van der Waals surface area contributed by atoms with Crippen molar-refractivity contribution in [2.75, 3.05) is 60.1 Å². The van der Waals surface area contributed by atoms with Crippen molar-refractivity contribution in [3.63, 3.8) is 0 Å². The summed E-state index contributed by atoms with van der Waals surface area (Å²) in [6, 6.07) is 8.19. The predicted molar refractivity (Wildman–Crippen MR) is 103 cm³/mol. The lowest BCUT2D eigenvalue weighted by Gasteiger charge is -2.26. The molecular formula is C19H32N4O2. The Balaban J connectivity index is 1.54. The minimum atomic E-state index is 0.861. The van der Waals surface area contributed by atoms with Gasteiger partial charge in [-0.2, -0.15) is 0 Å². The van der Waals surface area contributed by atoms with Crippen LogP contribution in [0.4, 0.5) is 0 Å². The van der Waals surface area contributed by atoms with E-state index in [-0.39, 0.29) is 0 Å². The van der Waals surface area contributed by atoms with E-state index >= 15 is 0 Å². The fourth-order valence-electron chi connectivity index (χ4n) is 2.83. The SMILES string of the molecule is CN=C(NCCCCN1CCOCC1)NCCc1ccc(OC)cc1. The molecule has 6 heteroatoms. The number of hydrogen-bond donors (Lipinski definition) is 2. The Kier molecular flexibility index (Phi) is 9.15. The predicted octanol–water partition coefficient (Wildman–Crippen LogP) is 1.52. The fourth-order valence-corrected chi connectivity index (χ4v) is 2.83. The highest BCUT2D eigenvalue weighted by Gasteiger charge is 2.09. The molecule has 0 spiro atoms. The van der Waals surface area contributed by atoms with E-state index in [1.165, 1.54) is 12.0 Å². The summed E-state index contributed by atoms with van der Waals surface area (Å²) < 4.78 is 10.5. The molecule has 25 heavy (non-hydrogen) atoms. The summed E-state index contributed by atoms with van der Waals surface area (Å²) in [5, 5.41) is 6.75. The Morgan fingerprint density at radius 1 is 1.12 bits per heavy atom. The molecule has 1 aliphatic heterocycles. The second-order valence-corrected chi connectivity index (χ2v) is 6.18. The average Bonchev–Trinajstić information content (AvgIpc) is 2.67. The number of aliphatic imine (C=N–C) groups is 1. The van der Waals surface area contributed by atoms with Crippen LogP contribution in [0.3, 0.4) is 0 Å². The van der Waals surface area contributed by atoms with E-state index in [0.29, 0.717) is 0 Å². The highest BCUT2D eigenvalue weighted by molar-refractivity contribution is 5.79. The second kappa shape index (κ2) is 11.7. The van der Waals surface area contributed by atoms with Crippen LogP contribution in [-0.4, -0.2) is 71.0 Å². The standard InChI is InChI=1S/C19H32N4O2/c1-20-19(21-10-3-4-12-23-13-15-25-16-14-23)22-11-9-17-5-7-18(24-2)8-6-17/h5-8H,3-4,9-16H2,1-2H3,(H2,20,21,22). The number of ether oxygens (including phenoxy) is 2. The van der Waals surface area contributed by atoms with Gasteiger partial charge in [0.25, 0.3) is 0 Å². The molecule has 140 valence electrons. The van der Waals surface area contributed by atoms with Gasteiger partial charge in [0, 0.05) is 33.2 Å². The van der Waals surface area contributed by atoms with E-state index in [2.05, 4.69) is 32.7 Å². The summed E-state index contributed by atoms with van der Waals surface area (Å²) in [5.74, 6) is 1.77. The molecule has 0 amide bonds. The molecule has 1 heterocycles. The fraction of sp³-hybridized carbons (Fsp3) is 0.632. The molecule has 1 aromatic rings. The summed E-state index contributed by atoms with van der Waals surface area (Å²) in [7, 11) is 3.50. The zero-order valence-electron chi connectivity index (χ0n) is 15.6. The van der Waals surface area contributed by atoms with Crippen LogP contribution in [0, 0.1) is 0 Å². The first-order valence-electron chi connectivity index (χ1n) is 9.19. The van der Waals surface area contributed by atoms with Crippen LogP contribution in [0.25, 0.3) is 0 Å². The van der Waals surface area contributed by atoms with Crippen molar-refractivity contribution in [3.05, 3.63) is 29.8 Å². The van der Waals surface area contributed by atoms with Crippen LogP contribution in [0.15, 0.2) is 29.3 Å². The zero-order valence-corrected chi connectivity index (χ0v) is 15.6. The van der Waals surface area contributed by atoms with E-state index < -0.39 is 0 Å². The maximum absolute atomic E-state index is 5.37. The lowest BCUT2D eigenvalue weighted by atomic mass is 10.1. The van der Waals surface area contributed by atoms with Gasteiger partial charge >= 0.3 is 0 Å². The molecule has 1 aliphatic rings. The van der Waals surface area contributed by atoms with Crippen molar-refractivity contribution in [3.8, 4) is 5.75 Å². The van der Waals surface area contributed by atoms with Crippen LogP contribution in [0.1, 0.15) is 18.4 Å². The zero-order chi connectivity index (χ0) is 17.7. The van der Waals surface area contributed by atoms with Gasteiger partial charge in [0.15, 0.2) is 5.96 Å². The smallest absolute Gasteiger partial charge is 0.190 e. The summed E-state index contributed by atoms with van der Waals surface area (Å²) in [6.07, 6.45) is 3.31. The first kappa shape index (κ1) is 19.5. The van der Waals surface area contributed by atoms with Crippen molar-refractivity contribution in [1.29, 1.82) is 0 Å². The maximum atomic E-state index is 5.37. The lowest BCUT2D eigenvalue weighted by Crippen LogP contribution is -2.39. The molecule has 0 aliphatic carbocycles. The van der Waals surface area contributed by atoms with Crippen LogP contribution < -0.4 is 15.4 Å². The third-order valence-electron chi connectivity index (χ3n) is 4.39. The molecule has 1 fully saturated rings. The van der Waals surface area contributed by atoms with Gasteiger partial charge in [-0.05, 0) is 43.5 Å². The van der Waals surface area contributed by atoms with Gasteiger partial charge in [-0.1, -0.05) is 12.1 Å². The van der Waals surface area contributed by atoms with Crippen molar-refractivity contribution in [1.82, 2.24) is 15.5 Å². The summed E-state index contributed by atoms with van der Waals surface area (Å²) in [6.45, 7) is 6.87. The molecule has 0 saturated carbocycles. The monoisotopic (exact) mass is 348 g/mol. The van der Waals surface area contributed by atoms with E-state index in [4.69, 9.17) is 9.47 Å². The third kappa shape index (κ3) is 7.75. The topological polar surface area (TPSA) is 58.1 Å². The van der Waals surface area contributed by atoms with Gasteiger partial charge in [0.1, 0.15) is 5.75 Å². The number of unbranched alkanes of at least 4 members (excludes halogenated alkanes) is 1. The molecule has 6 nitrogen and oxygen atoms in total. The number of rotatable bonds is 9. The number of hydrogen-bond acceptors (Lipinski definition) is 4. The lowest BCUT2D eigenvalue weighted by molar-refractivity contribution is 0.0372. The number of guanidine groups is 1. The number of methoxy groups -OCH3 is 1. The molecular weight excluding hydrogens is 316 g/mol. The molecule has 0 bridgehead atoms. The first-order valence-corrected chi connectivity index (χ1v) is 9.19. The highest BCUT2D eigenvalue weighted by Crippen LogP contribution is 2.11. The molecule has 1 saturated heterocycles. The largest absolute Gasteiger partial charge is 0.497 e. The first-order chi connectivity index (χ1) is 12.3. The molecule has 1 aromatic carbocycles. The van der Waals surface area contributed by atoms with Crippen LogP contribution in [-0.2, 0) is 11.2 Å². The van der Waals surface area contributed by atoms with E-state index in [1.54, 1.807) is 7.11 Å². The molecule has 0 radical (unpaired) electrons. The normalized spacial score (nSPS) is 15.8. The Morgan fingerprint density at radius 2 is 1.84 bits per heavy atom. The third-order valence-corrected chi connectivity index (χ3v) is 4.39. The van der Waals surface area contributed by atoms with Gasteiger partial charge in [0.2, 0.25) is 0 Å². The maximum Gasteiger partial charge on any atom is 0.190 e. The van der Waals surface area contributed by atoms with Crippen LogP contribution in [0.5, 0.6) is 5.75 Å². The van der Waals surface area contributed by atoms with Gasteiger partial charge in [-0.25, -0.2) is 0 Å². The minimum absolute atomic E-state index is 0.861. The number of nitrogens with zero attached hydrogens (tertiary/aromatic N) is 2. The minimum Gasteiger partial charge on any atom is -0.497 e. The number of morpholine rings is 1. The quantitative estimate of drug-likeness (QED) is 0.403.